The summed E-state index contributed by atoms with van der Waals surface area (Å²) in [7, 11) is 1.29. The zero-order chi connectivity index (χ0) is 19.4. The molecule has 0 aromatic heterocycles. The first-order chi connectivity index (χ1) is 11.4. The third-order valence-electron chi connectivity index (χ3n) is 2.96. The Hall–Kier alpha value is -2.55. The van der Waals surface area contributed by atoms with Crippen molar-refractivity contribution in [1.82, 2.24) is 5.32 Å². The van der Waals surface area contributed by atoms with Gasteiger partial charge in [-0.05, 0) is 32.4 Å². The molecule has 0 spiro atoms. The van der Waals surface area contributed by atoms with Crippen molar-refractivity contribution in [2.75, 3.05) is 7.11 Å². The second kappa shape index (κ2) is 8.02. The molecule has 1 aromatic rings. The average molecular weight is 375 g/mol. The van der Waals surface area contributed by atoms with Gasteiger partial charge in [0.25, 0.3) is 5.69 Å². The predicted molar refractivity (Wildman–Crippen MR) is 89.2 cm³/mol. The minimum absolute atomic E-state index is 0.0911. The van der Waals surface area contributed by atoms with Crippen LogP contribution in [0, 0.1) is 10.1 Å². The molecule has 9 nitrogen and oxygen atoms in total. The average Bonchev–Trinajstić information content (AvgIpc) is 2.44. The molecular formula is C15H19ClN2O7. The Labute approximate surface area is 149 Å². The molecule has 1 atom stereocenters. The molecule has 0 bridgehead atoms. The van der Waals surface area contributed by atoms with Crippen LogP contribution in [0.25, 0.3) is 0 Å². The van der Waals surface area contributed by atoms with Crippen LogP contribution in [0.5, 0.6) is 5.75 Å². The van der Waals surface area contributed by atoms with Crippen molar-refractivity contribution in [2.45, 2.75) is 38.8 Å². The number of hydrogen-bond donors (Lipinski definition) is 2. The molecular weight excluding hydrogens is 356 g/mol. The zero-order valence-corrected chi connectivity index (χ0v) is 14.9. The second-order valence-electron chi connectivity index (χ2n) is 6.11. The lowest BCUT2D eigenvalue weighted by Crippen LogP contribution is -2.44. The molecule has 1 unspecified atom stereocenters. The van der Waals surface area contributed by atoms with Crippen LogP contribution < -0.4 is 10.1 Å². The number of nitro groups is 1. The quantitative estimate of drug-likeness (QED) is 0.578. The standard InChI is InChI=1S/C15H19ClN2O7/c1-15(2,3)25-14(21)17-10(13(19)20)6-8-5-9(16)11(18(22)23)7-12(8)24-4/h5,7,10H,6H2,1-4H3,(H,17,21)(H,19,20). The lowest BCUT2D eigenvalue weighted by molar-refractivity contribution is -0.384. The summed E-state index contributed by atoms with van der Waals surface area (Å²) in [5.74, 6) is -1.21. The molecule has 0 aliphatic carbocycles. The minimum Gasteiger partial charge on any atom is -0.496 e. The van der Waals surface area contributed by atoms with E-state index in [2.05, 4.69) is 5.32 Å². The number of rotatable bonds is 6. The van der Waals surface area contributed by atoms with Gasteiger partial charge in [-0.25, -0.2) is 9.59 Å². The highest BCUT2D eigenvalue weighted by atomic mass is 35.5. The van der Waals surface area contributed by atoms with Gasteiger partial charge in [-0.1, -0.05) is 11.6 Å². The topological polar surface area (TPSA) is 128 Å². The number of methoxy groups -OCH3 is 1. The summed E-state index contributed by atoms with van der Waals surface area (Å²) in [4.78, 5) is 33.4. The Bertz CT molecular complexity index is 685. The number of carboxylic acids is 1. The van der Waals surface area contributed by atoms with E-state index in [4.69, 9.17) is 21.1 Å². The number of benzene rings is 1. The molecule has 0 saturated heterocycles. The predicted octanol–water partition coefficient (Wildman–Crippen LogP) is 2.78. The van der Waals surface area contributed by atoms with Crippen molar-refractivity contribution in [3.8, 4) is 5.75 Å². The van der Waals surface area contributed by atoms with E-state index >= 15 is 0 Å². The van der Waals surface area contributed by atoms with E-state index in [9.17, 15) is 24.8 Å². The van der Waals surface area contributed by atoms with Crippen molar-refractivity contribution < 1.29 is 29.1 Å². The Balaban J connectivity index is 3.06. The molecule has 1 aromatic carbocycles. The van der Waals surface area contributed by atoms with Crippen LogP contribution >= 0.6 is 11.6 Å². The highest BCUT2D eigenvalue weighted by Gasteiger charge is 2.27. The van der Waals surface area contributed by atoms with Gasteiger partial charge in [0.2, 0.25) is 0 Å². The smallest absolute Gasteiger partial charge is 0.408 e. The maximum atomic E-state index is 11.8. The summed E-state index contributed by atoms with van der Waals surface area (Å²) in [5, 5.41) is 22.3. The summed E-state index contributed by atoms with van der Waals surface area (Å²) >= 11 is 5.85. The fourth-order valence-electron chi connectivity index (χ4n) is 1.94. The van der Waals surface area contributed by atoms with Gasteiger partial charge < -0.3 is 19.9 Å². The maximum absolute atomic E-state index is 11.8. The number of amides is 1. The number of carboxylic acid groups (broad SMARTS) is 1. The van der Waals surface area contributed by atoms with E-state index in [0.717, 1.165) is 6.07 Å². The van der Waals surface area contributed by atoms with Crippen LogP contribution in [0.2, 0.25) is 5.02 Å². The van der Waals surface area contributed by atoms with Gasteiger partial charge in [0, 0.05) is 6.42 Å². The van der Waals surface area contributed by atoms with Gasteiger partial charge in [-0.15, -0.1) is 0 Å². The number of nitrogens with zero attached hydrogens (tertiary/aromatic N) is 1. The van der Waals surface area contributed by atoms with Gasteiger partial charge in [0.1, 0.15) is 22.4 Å². The Morgan fingerprint density at radius 3 is 2.44 bits per heavy atom. The van der Waals surface area contributed by atoms with Gasteiger partial charge in [-0.3, -0.25) is 10.1 Å². The first-order valence-corrected chi connectivity index (χ1v) is 7.55. The molecule has 0 aliphatic rings. The molecule has 0 aliphatic heterocycles. The molecule has 10 heteroatoms. The van der Waals surface area contributed by atoms with Crippen molar-refractivity contribution in [3.05, 3.63) is 32.8 Å². The molecule has 25 heavy (non-hydrogen) atoms. The summed E-state index contributed by atoms with van der Waals surface area (Å²) in [6.07, 6.45) is -1.10. The van der Waals surface area contributed by atoms with Gasteiger partial charge in [0.05, 0.1) is 18.1 Å². The zero-order valence-electron chi connectivity index (χ0n) is 14.2. The van der Waals surface area contributed by atoms with Gasteiger partial charge in [-0.2, -0.15) is 0 Å². The van der Waals surface area contributed by atoms with E-state index in [0.29, 0.717) is 5.56 Å². The largest absolute Gasteiger partial charge is 0.496 e. The fourth-order valence-corrected chi connectivity index (χ4v) is 2.20. The van der Waals surface area contributed by atoms with Crippen molar-refractivity contribution in [1.29, 1.82) is 0 Å². The Morgan fingerprint density at radius 1 is 1.40 bits per heavy atom. The van der Waals surface area contributed by atoms with Crippen LogP contribution in [0.15, 0.2) is 12.1 Å². The number of nitro benzene ring substituents is 1. The molecule has 1 amide bonds. The van der Waals surface area contributed by atoms with Crippen LogP contribution in [-0.4, -0.2) is 40.8 Å². The highest BCUT2D eigenvalue weighted by molar-refractivity contribution is 6.32. The molecule has 2 N–H and O–H groups in total. The molecule has 0 radical (unpaired) electrons. The number of carbonyl (C=O) groups is 2. The third-order valence-corrected chi connectivity index (χ3v) is 3.26. The molecule has 0 saturated carbocycles. The van der Waals surface area contributed by atoms with E-state index in [1.807, 2.05) is 0 Å². The summed E-state index contributed by atoms with van der Waals surface area (Å²) in [5.41, 5.74) is -0.864. The molecule has 1 rings (SSSR count). The van der Waals surface area contributed by atoms with Gasteiger partial charge >= 0.3 is 12.1 Å². The fraction of sp³-hybridized carbons (Fsp3) is 0.467. The van der Waals surface area contributed by atoms with Crippen molar-refractivity contribution >= 4 is 29.4 Å². The second-order valence-corrected chi connectivity index (χ2v) is 6.52. The van der Waals surface area contributed by atoms with Crippen molar-refractivity contribution in [2.24, 2.45) is 0 Å². The number of ether oxygens (including phenoxy) is 2. The van der Waals surface area contributed by atoms with Crippen molar-refractivity contribution in [3.63, 3.8) is 0 Å². The lowest BCUT2D eigenvalue weighted by atomic mass is 10.0. The Kier molecular flexibility index (Phi) is 6.57. The van der Waals surface area contributed by atoms with E-state index < -0.39 is 28.6 Å². The van der Waals surface area contributed by atoms with Crippen LogP contribution in [-0.2, 0) is 16.0 Å². The number of nitrogens with one attached hydrogen (secondary N) is 1. The van der Waals surface area contributed by atoms with Gasteiger partial charge in [0.15, 0.2) is 0 Å². The molecule has 0 fully saturated rings. The maximum Gasteiger partial charge on any atom is 0.408 e. The number of carbonyl (C=O) groups excluding carboxylic acids is 1. The molecule has 138 valence electrons. The summed E-state index contributed by atoms with van der Waals surface area (Å²) < 4.78 is 10.1. The number of aliphatic carboxylic acids is 1. The number of alkyl carbamates (subject to hydrolysis) is 1. The molecule has 0 heterocycles. The normalized spacial score (nSPS) is 12.2. The van der Waals surface area contributed by atoms with Crippen LogP contribution in [0.3, 0.4) is 0 Å². The summed E-state index contributed by atoms with van der Waals surface area (Å²) in [6.45, 7) is 4.92. The lowest BCUT2D eigenvalue weighted by Gasteiger charge is -2.22. The highest BCUT2D eigenvalue weighted by Crippen LogP contribution is 2.33. The van der Waals surface area contributed by atoms with E-state index in [1.54, 1.807) is 20.8 Å². The first kappa shape index (κ1) is 20.5. The van der Waals surface area contributed by atoms with Crippen LogP contribution in [0.4, 0.5) is 10.5 Å². The van der Waals surface area contributed by atoms with E-state index in [-0.39, 0.29) is 22.9 Å². The summed E-state index contributed by atoms with van der Waals surface area (Å²) in [6, 6.07) is 1.01. The van der Waals surface area contributed by atoms with E-state index in [1.165, 1.54) is 13.2 Å². The number of halogens is 1. The third kappa shape index (κ3) is 6.11. The van der Waals surface area contributed by atoms with Crippen LogP contribution in [0.1, 0.15) is 26.3 Å². The minimum atomic E-state index is -1.33. The SMILES string of the molecule is COc1cc([N+](=O)[O-])c(Cl)cc1CC(NC(=O)OC(C)(C)C)C(=O)O. The number of hydrogen-bond acceptors (Lipinski definition) is 6. The first-order valence-electron chi connectivity index (χ1n) is 7.17. The Morgan fingerprint density at radius 2 is 2.00 bits per heavy atom. The monoisotopic (exact) mass is 374 g/mol.